The number of rotatable bonds is 3. The van der Waals surface area contributed by atoms with E-state index in [1.165, 1.54) is 12.7 Å². The van der Waals surface area contributed by atoms with E-state index in [0.717, 1.165) is 16.8 Å². The molecule has 1 N–H and O–H groups in total. The van der Waals surface area contributed by atoms with Gasteiger partial charge in [0.2, 0.25) is 0 Å². The Balaban J connectivity index is 2.31. The number of hydrogen-bond acceptors (Lipinski definition) is 2. The minimum atomic E-state index is -0.460. The zero-order chi connectivity index (χ0) is 14.5. The summed E-state index contributed by atoms with van der Waals surface area (Å²) in [7, 11) is 1.35. The minimum absolute atomic E-state index is 0.460. The third-order valence-corrected chi connectivity index (χ3v) is 3.18. The maximum absolute atomic E-state index is 11.2. The third-order valence-electron chi connectivity index (χ3n) is 3.18. The fourth-order valence-corrected chi connectivity index (χ4v) is 2.02. The molecule has 0 heterocycles. The second-order valence-corrected chi connectivity index (χ2v) is 4.98. The molecule has 0 unspecified atom stereocenters. The van der Waals surface area contributed by atoms with Crippen LogP contribution < -0.4 is 5.32 Å². The molecule has 1 amide bonds. The van der Waals surface area contributed by atoms with Gasteiger partial charge in [-0.25, -0.2) is 4.79 Å². The number of benzene rings is 2. The largest absolute Gasteiger partial charge is 0.453 e. The lowest BCUT2D eigenvalue weighted by atomic mass is 9.97. The molecule has 3 nitrogen and oxygen atoms in total. The second-order valence-electron chi connectivity index (χ2n) is 4.98. The minimum Gasteiger partial charge on any atom is -0.453 e. The molecule has 0 bridgehead atoms. The molecule has 0 saturated heterocycles. The van der Waals surface area contributed by atoms with E-state index in [-0.39, 0.29) is 0 Å². The summed E-state index contributed by atoms with van der Waals surface area (Å²) >= 11 is 0. The monoisotopic (exact) mass is 269 g/mol. The van der Waals surface area contributed by atoms with Crippen LogP contribution >= 0.6 is 0 Å². The highest BCUT2D eigenvalue weighted by molar-refractivity contribution is 5.85. The number of nitrogens with one attached hydrogen (secondary N) is 1. The number of methoxy groups -OCH3 is 1. The number of carbonyl (C=O) groups is 1. The van der Waals surface area contributed by atoms with Crippen molar-refractivity contribution in [3.63, 3.8) is 0 Å². The van der Waals surface area contributed by atoms with E-state index in [9.17, 15) is 4.79 Å². The van der Waals surface area contributed by atoms with Crippen LogP contribution in [0.2, 0.25) is 0 Å². The summed E-state index contributed by atoms with van der Waals surface area (Å²) in [5, 5.41) is 2.68. The van der Waals surface area contributed by atoms with Gasteiger partial charge in [0, 0.05) is 5.69 Å². The van der Waals surface area contributed by atoms with Crippen molar-refractivity contribution in [2.75, 3.05) is 12.4 Å². The van der Waals surface area contributed by atoms with E-state index >= 15 is 0 Å². The van der Waals surface area contributed by atoms with Crippen LogP contribution in [0.4, 0.5) is 10.5 Å². The van der Waals surface area contributed by atoms with Crippen molar-refractivity contribution in [3.8, 4) is 11.1 Å². The maximum atomic E-state index is 11.2. The van der Waals surface area contributed by atoms with Gasteiger partial charge in [-0.15, -0.1) is 0 Å². The summed E-state index contributed by atoms with van der Waals surface area (Å²) in [6.45, 7) is 4.35. The van der Waals surface area contributed by atoms with Crippen LogP contribution in [0.1, 0.15) is 25.3 Å². The quantitative estimate of drug-likeness (QED) is 0.880. The molecule has 2 aromatic carbocycles. The first-order chi connectivity index (χ1) is 9.60. The molecule has 20 heavy (non-hydrogen) atoms. The topological polar surface area (TPSA) is 38.3 Å². The standard InChI is InChI=1S/C17H19NO2/c1-12(2)13-6-4-7-14(10-13)15-8-5-9-16(11-15)18-17(19)20-3/h4-12H,1-3H3,(H,18,19). The van der Waals surface area contributed by atoms with Crippen LogP contribution in [0.5, 0.6) is 0 Å². The molecule has 2 rings (SSSR count). The van der Waals surface area contributed by atoms with Gasteiger partial charge in [0.15, 0.2) is 0 Å². The number of hydrogen-bond donors (Lipinski definition) is 1. The van der Waals surface area contributed by atoms with Crippen LogP contribution in [0.15, 0.2) is 48.5 Å². The summed E-state index contributed by atoms with van der Waals surface area (Å²) in [6.07, 6.45) is -0.460. The second kappa shape index (κ2) is 6.24. The van der Waals surface area contributed by atoms with E-state index < -0.39 is 6.09 Å². The molecule has 0 spiro atoms. The van der Waals surface area contributed by atoms with Gasteiger partial charge in [0.1, 0.15) is 0 Å². The Morgan fingerprint density at radius 1 is 1.05 bits per heavy atom. The summed E-state index contributed by atoms with van der Waals surface area (Å²) in [4.78, 5) is 11.2. The Bertz CT molecular complexity index is 605. The van der Waals surface area contributed by atoms with Crippen molar-refractivity contribution >= 4 is 11.8 Å². The first-order valence-electron chi connectivity index (χ1n) is 6.65. The average Bonchev–Trinajstić information content (AvgIpc) is 2.47. The van der Waals surface area contributed by atoms with Crippen molar-refractivity contribution in [2.45, 2.75) is 19.8 Å². The van der Waals surface area contributed by atoms with E-state index in [1.54, 1.807) is 0 Å². The van der Waals surface area contributed by atoms with Gasteiger partial charge in [0.05, 0.1) is 7.11 Å². The van der Waals surface area contributed by atoms with Crippen LogP contribution in [0, 0.1) is 0 Å². The molecule has 0 aliphatic carbocycles. The van der Waals surface area contributed by atoms with Crippen LogP contribution in [0.3, 0.4) is 0 Å². The lowest BCUT2D eigenvalue weighted by molar-refractivity contribution is 0.187. The third kappa shape index (κ3) is 3.38. The molecular formula is C17H19NO2. The summed E-state index contributed by atoms with van der Waals surface area (Å²) in [5.74, 6) is 0.492. The lowest BCUT2D eigenvalue weighted by Crippen LogP contribution is -2.10. The highest BCUT2D eigenvalue weighted by atomic mass is 16.5. The molecule has 0 saturated carbocycles. The number of ether oxygens (including phenoxy) is 1. The van der Waals surface area contributed by atoms with Crippen LogP contribution in [0.25, 0.3) is 11.1 Å². The fraction of sp³-hybridized carbons (Fsp3) is 0.235. The van der Waals surface area contributed by atoms with Crippen molar-refractivity contribution in [2.24, 2.45) is 0 Å². The Hall–Kier alpha value is -2.29. The Morgan fingerprint density at radius 3 is 2.35 bits per heavy atom. The van der Waals surface area contributed by atoms with Crippen LogP contribution in [-0.2, 0) is 4.74 Å². The van der Waals surface area contributed by atoms with E-state index in [1.807, 2.05) is 24.3 Å². The summed E-state index contributed by atoms with van der Waals surface area (Å²) < 4.78 is 4.60. The zero-order valence-electron chi connectivity index (χ0n) is 12.0. The van der Waals surface area contributed by atoms with Crippen molar-refractivity contribution in [1.82, 2.24) is 0 Å². The average molecular weight is 269 g/mol. The molecule has 2 aromatic rings. The summed E-state index contributed by atoms with van der Waals surface area (Å²) in [6, 6.07) is 16.2. The van der Waals surface area contributed by atoms with Gasteiger partial charge in [0.25, 0.3) is 0 Å². The zero-order valence-corrected chi connectivity index (χ0v) is 12.0. The highest BCUT2D eigenvalue weighted by Crippen LogP contribution is 2.26. The van der Waals surface area contributed by atoms with E-state index in [0.29, 0.717) is 5.92 Å². The highest BCUT2D eigenvalue weighted by Gasteiger charge is 2.05. The normalized spacial score (nSPS) is 10.4. The molecule has 0 fully saturated rings. The number of amides is 1. The van der Waals surface area contributed by atoms with Gasteiger partial charge in [-0.05, 0) is 34.7 Å². The van der Waals surface area contributed by atoms with Crippen molar-refractivity contribution < 1.29 is 9.53 Å². The Kier molecular flexibility index (Phi) is 4.41. The van der Waals surface area contributed by atoms with Gasteiger partial charge in [-0.3, -0.25) is 5.32 Å². The molecule has 0 atom stereocenters. The lowest BCUT2D eigenvalue weighted by Gasteiger charge is -2.10. The number of anilines is 1. The molecule has 3 heteroatoms. The number of carbonyl (C=O) groups excluding carboxylic acids is 1. The Morgan fingerprint density at radius 2 is 1.70 bits per heavy atom. The van der Waals surface area contributed by atoms with Gasteiger partial charge < -0.3 is 4.74 Å². The van der Waals surface area contributed by atoms with Crippen molar-refractivity contribution in [3.05, 3.63) is 54.1 Å². The van der Waals surface area contributed by atoms with Crippen molar-refractivity contribution in [1.29, 1.82) is 0 Å². The predicted molar refractivity (Wildman–Crippen MR) is 82.0 cm³/mol. The molecule has 0 aliphatic heterocycles. The first kappa shape index (κ1) is 14.1. The van der Waals surface area contributed by atoms with Gasteiger partial charge in [-0.1, -0.05) is 50.2 Å². The summed E-state index contributed by atoms with van der Waals surface area (Å²) in [5.41, 5.74) is 4.24. The molecular weight excluding hydrogens is 250 g/mol. The maximum Gasteiger partial charge on any atom is 0.411 e. The first-order valence-corrected chi connectivity index (χ1v) is 6.65. The molecule has 0 aromatic heterocycles. The van der Waals surface area contributed by atoms with Gasteiger partial charge >= 0.3 is 6.09 Å². The Labute approximate surface area is 119 Å². The SMILES string of the molecule is COC(=O)Nc1cccc(-c2cccc(C(C)C)c2)c1. The molecule has 104 valence electrons. The van der Waals surface area contributed by atoms with E-state index in [2.05, 4.69) is 48.2 Å². The predicted octanol–water partition coefficient (Wildman–Crippen LogP) is 4.66. The van der Waals surface area contributed by atoms with Gasteiger partial charge in [-0.2, -0.15) is 0 Å². The molecule has 0 radical (unpaired) electrons. The van der Waals surface area contributed by atoms with E-state index in [4.69, 9.17) is 0 Å². The smallest absolute Gasteiger partial charge is 0.411 e. The fourth-order valence-electron chi connectivity index (χ4n) is 2.02. The molecule has 0 aliphatic rings. The van der Waals surface area contributed by atoms with Crippen LogP contribution in [-0.4, -0.2) is 13.2 Å².